The zero-order valence-electron chi connectivity index (χ0n) is 19.7. The molecular formula is C25H30N8O2. The molecular weight excluding hydrogens is 444 g/mol. The Balaban J connectivity index is 1.42. The first-order valence-corrected chi connectivity index (χ1v) is 11.8. The summed E-state index contributed by atoms with van der Waals surface area (Å²) in [5.74, 6) is 0.0298. The van der Waals surface area contributed by atoms with Gasteiger partial charge in [0.25, 0.3) is 5.91 Å². The third-order valence-corrected chi connectivity index (χ3v) is 6.53. The summed E-state index contributed by atoms with van der Waals surface area (Å²) in [5.41, 5.74) is 15.9. The van der Waals surface area contributed by atoms with Gasteiger partial charge in [0.1, 0.15) is 0 Å². The van der Waals surface area contributed by atoms with Crippen LogP contribution in [-0.4, -0.2) is 60.5 Å². The molecule has 35 heavy (non-hydrogen) atoms. The normalized spacial score (nSPS) is 20.6. The molecule has 6 N–H and O–H groups in total. The van der Waals surface area contributed by atoms with Crippen molar-refractivity contribution in [1.29, 1.82) is 0 Å². The summed E-state index contributed by atoms with van der Waals surface area (Å²) < 4.78 is 0. The van der Waals surface area contributed by atoms with Crippen LogP contribution in [0.5, 0.6) is 0 Å². The summed E-state index contributed by atoms with van der Waals surface area (Å²) in [4.78, 5) is 38.1. The van der Waals surface area contributed by atoms with E-state index in [9.17, 15) is 9.59 Å². The highest BCUT2D eigenvalue weighted by Crippen LogP contribution is 2.30. The second-order valence-electron chi connectivity index (χ2n) is 9.43. The molecule has 2 aliphatic heterocycles. The predicted octanol–water partition coefficient (Wildman–Crippen LogP) is 1.57. The first kappa shape index (κ1) is 22.9. The third-order valence-electron chi connectivity index (χ3n) is 6.53. The number of pyridine rings is 2. The largest absolute Gasteiger partial charge is 0.397 e. The van der Waals surface area contributed by atoms with Crippen LogP contribution in [-0.2, 0) is 4.79 Å². The van der Waals surface area contributed by atoms with E-state index < -0.39 is 5.91 Å². The van der Waals surface area contributed by atoms with Crippen molar-refractivity contribution < 1.29 is 9.59 Å². The van der Waals surface area contributed by atoms with Crippen LogP contribution in [0.25, 0.3) is 10.9 Å². The molecule has 10 nitrogen and oxygen atoms in total. The molecule has 2 atom stereocenters. The number of carbonyl (C=O) groups excluding carboxylic acids is 2. The van der Waals surface area contributed by atoms with Crippen molar-refractivity contribution in [2.75, 3.05) is 53.6 Å². The fraction of sp³-hybridized carbons (Fsp3) is 0.360. The van der Waals surface area contributed by atoms with Crippen molar-refractivity contribution in [2.24, 2.45) is 11.7 Å². The van der Waals surface area contributed by atoms with Crippen LogP contribution < -0.4 is 31.9 Å². The number of anilines is 4. The highest BCUT2D eigenvalue weighted by molar-refractivity contribution is 6.09. The summed E-state index contributed by atoms with van der Waals surface area (Å²) in [7, 11) is 0. The van der Waals surface area contributed by atoms with E-state index in [1.807, 2.05) is 29.2 Å². The Morgan fingerprint density at radius 1 is 1.20 bits per heavy atom. The maximum atomic E-state index is 13.3. The van der Waals surface area contributed by atoms with Gasteiger partial charge >= 0.3 is 0 Å². The van der Waals surface area contributed by atoms with Crippen LogP contribution in [0.4, 0.5) is 22.7 Å². The Labute approximate surface area is 203 Å². The van der Waals surface area contributed by atoms with E-state index in [1.165, 1.54) is 0 Å². The number of carbonyl (C=O) groups is 2. The molecule has 2 fully saturated rings. The zero-order valence-corrected chi connectivity index (χ0v) is 19.7. The highest BCUT2D eigenvalue weighted by Gasteiger charge is 2.25. The number of nitrogens with one attached hydrogen (secondary N) is 2. The lowest BCUT2D eigenvalue weighted by Gasteiger charge is -2.37. The Bertz CT molecular complexity index is 1270. The fourth-order valence-electron chi connectivity index (χ4n) is 4.95. The summed E-state index contributed by atoms with van der Waals surface area (Å²) in [5, 5.41) is 6.60. The second kappa shape index (κ2) is 9.38. The number of nitrogens with two attached hydrogens (primary N) is 2. The number of nitrogens with zero attached hydrogens (tertiary/aromatic N) is 4. The van der Waals surface area contributed by atoms with Crippen molar-refractivity contribution in [3.8, 4) is 0 Å². The van der Waals surface area contributed by atoms with Gasteiger partial charge in [0.05, 0.1) is 35.3 Å². The van der Waals surface area contributed by atoms with Crippen molar-refractivity contribution >= 4 is 45.5 Å². The number of amides is 2. The lowest BCUT2D eigenvalue weighted by molar-refractivity contribution is -0.120. The van der Waals surface area contributed by atoms with Crippen molar-refractivity contribution in [2.45, 2.75) is 19.4 Å². The van der Waals surface area contributed by atoms with Gasteiger partial charge in [-0.05, 0) is 36.6 Å². The average Bonchev–Trinajstić information content (AvgIpc) is 2.83. The molecule has 1 aromatic carbocycles. The molecule has 2 aromatic heterocycles. The van der Waals surface area contributed by atoms with Gasteiger partial charge in [0, 0.05) is 49.5 Å². The van der Waals surface area contributed by atoms with Crippen LogP contribution >= 0.6 is 0 Å². The standard InChI is InChI=1S/C25H30N8O2/c1-15-8-17(26)13-33(12-15)22-4-5-28-11-21(22)31-25(35)24-19(27)9-16-2-3-18(10-20(16)30-24)32-7-6-29-23(34)14-32/h2-5,9-11,15,17H,6-8,12-14,26-27H2,1H3,(H,29,34)(H,31,35)/t15-,17?/m1/s1. The smallest absolute Gasteiger partial charge is 0.276 e. The third kappa shape index (κ3) is 4.83. The van der Waals surface area contributed by atoms with E-state index >= 15 is 0 Å². The molecule has 10 heteroatoms. The van der Waals surface area contributed by atoms with Gasteiger partial charge in [-0.25, -0.2) is 4.98 Å². The van der Waals surface area contributed by atoms with Gasteiger partial charge < -0.3 is 31.9 Å². The summed E-state index contributed by atoms with van der Waals surface area (Å²) in [6.07, 6.45) is 4.32. The quantitative estimate of drug-likeness (QED) is 0.446. The van der Waals surface area contributed by atoms with Gasteiger partial charge in [-0.1, -0.05) is 13.0 Å². The Hall–Kier alpha value is -3.92. The monoisotopic (exact) mass is 474 g/mol. The number of fused-ring (bicyclic) bond motifs is 1. The van der Waals surface area contributed by atoms with E-state index in [1.54, 1.807) is 18.5 Å². The second-order valence-corrected chi connectivity index (χ2v) is 9.43. The maximum Gasteiger partial charge on any atom is 0.276 e. The van der Waals surface area contributed by atoms with E-state index in [0.717, 1.165) is 29.7 Å². The number of aromatic nitrogens is 2. The van der Waals surface area contributed by atoms with Crippen LogP contribution in [0.15, 0.2) is 42.7 Å². The SMILES string of the molecule is C[C@@H]1CC(N)CN(c2ccncc2NC(=O)c2nc3cc(N4CCNC(=O)C4)ccc3cc2N)C1. The predicted molar refractivity (Wildman–Crippen MR) is 138 cm³/mol. The minimum atomic E-state index is -0.407. The van der Waals surface area contributed by atoms with E-state index in [2.05, 4.69) is 32.4 Å². The molecule has 0 radical (unpaired) electrons. The number of nitrogen functional groups attached to an aromatic ring is 1. The summed E-state index contributed by atoms with van der Waals surface area (Å²) in [6, 6.07) is 9.44. The number of piperazine rings is 1. The first-order chi connectivity index (χ1) is 16.9. The van der Waals surface area contributed by atoms with E-state index in [0.29, 0.717) is 42.4 Å². The van der Waals surface area contributed by atoms with Crippen LogP contribution in [0.1, 0.15) is 23.8 Å². The molecule has 0 saturated carbocycles. The molecule has 5 rings (SSSR count). The number of hydrogen-bond acceptors (Lipinski definition) is 8. The Morgan fingerprint density at radius 2 is 2.06 bits per heavy atom. The number of piperidine rings is 1. The molecule has 0 spiro atoms. The molecule has 3 aromatic rings. The minimum absolute atomic E-state index is 0.0157. The van der Waals surface area contributed by atoms with Crippen LogP contribution in [0.3, 0.4) is 0 Å². The van der Waals surface area contributed by atoms with Crippen molar-refractivity contribution in [3.05, 3.63) is 48.4 Å². The lowest BCUT2D eigenvalue weighted by atomic mass is 9.96. The van der Waals surface area contributed by atoms with E-state index in [-0.39, 0.29) is 24.2 Å². The van der Waals surface area contributed by atoms with Gasteiger partial charge in [-0.3, -0.25) is 14.6 Å². The van der Waals surface area contributed by atoms with Crippen LogP contribution in [0, 0.1) is 5.92 Å². The molecule has 1 unspecified atom stereocenters. The van der Waals surface area contributed by atoms with Gasteiger partial charge in [0.15, 0.2) is 5.69 Å². The number of benzene rings is 1. The number of rotatable bonds is 4. The minimum Gasteiger partial charge on any atom is -0.397 e. The lowest BCUT2D eigenvalue weighted by Crippen LogP contribution is -2.47. The molecule has 2 saturated heterocycles. The zero-order chi connectivity index (χ0) is 24.5. The summed E-state index contributed by atoms with van der Waals surface area (Å²) >= 11 is 0. The molecule has 0 aliphatic carbocycles. The molecule has 2 amide bonds. The van der Waals surface area contributed by atoms with Crippen LogP contribution in [0.2, 0.25) is 0 Å². The Kier molecular flexibility index (Phi) is 6.12. The van der Waals surface area contributed by atoms with Gasteiger partial charge in [0.2, 0.25) is 5.91 Å². The Morgan fingerprint density at radius 3 is 2.86 bits per heavy atom. The van der Waals surface area contributed by atoms with Crippen molar-refractivity contribution in [3.63, 3.8) is 0 Å². The first-order valence-electron chi connectivity index (χ1n) is 11.8. The van der Waals surface area contributed by atoms with E-state index in [4.69, 9.17) is 11.5 Å². The average molecular weight is 475 g/mol. The fourth-order valence-corrected chi connectivity index (χ4v) is 4.95. The van der Waals surface area contributed by atoms with Gasteiger partial charge in [-0.2, -0.15) is 0 Å². The molecule has 2 aliphatic rings. The van der Waals surface area contributed by atoms with Gasteiger partial charge in [-0.15, -0.1) is 0 Å². The van der Waals surface area contributed by atoms with Crippen molar-refractivity contribution in [1.82, 2.24) is 15.3 Å². The number of hydrogen-bond donors (Lipinski definition) is 4. The molecule has 4 heterocycles. The summed E-state index contributed by atoms with van der Waals surface area (Å²) in [6.45, 7) is 5.33. The molecule has 182 valence electrons. The molecule has 0 bridgehead atoms. The maximum absolute atomic E-state index is 13.3. The topological polar surface area (TPSA) is 142 Å². The highest BCUT2D eigenvalue weighted by atomic mass is 16.2.